The van der Waals surface area contributed by atoms with Crippen LogP contribution in [0.25, 0.3) is 0 Å². The van der Waals surface area contributed by atoms with E-state index in [0.29, 0.717) is 34.9 Å². The van der Waals surface area contributed by atoms with Crippen LogP contribution in [0.2, 0.25) is 0 Å². The number of para-hydroxylation sites is 2. The molecule has 49 heavy (non-hydrogen) atoms. The smallest absolute Gasteiger partial charge is 0.341 e. The summed E-state index contributed by atoms with van der Waals surface area (Å²) in [5, 5.41) is 22.2. The van der Waals surface area contributed by atoms with Gasteiger partial charge in [-0.1, -0.05) is 60.7 Å². The van der Waals surface area contributed by atoms with Crippen molar-refractivity contribution in [1.82, 2.24) is 10.9 Å². The number of carbonyl (C=O) groups excluding carboxylic acids is 2. The summed E-state index contributed by atoms with van der Waals surface area (Å²) in [4.78, 5) is 35.5. The predicted molar refractivity (Wildman–Crippen MR) is 188 cm³/mol. The first kappa shape index (κ1) is 33.4. The zero-order chi connectivity index (χ0) is 34.3. The van der Waals surface area contributed by atoms with Crippen LogP contribution in [0.1, 0.15) is 22.3 Å². The molecule has 0 radical (unpaired) electrons. The van der Waals surface area contributed by atoms with Gasteiger partial charge in [0.1, 0.15) is 17.2 Å². The van der Waals surface area contributed by atoms with Crippen LogP contribution in [-0.2, 0) is 11.2 Å². The van der Waals surface area contributed by atoms with Crippen LogP contribution in [0, 0.1) is 0 Å². The van der Waals surface area contributed by atoms with Crippen molar-refractivity contribution in [2.45, 2.75) is 6.42 Å². The molecule has 5 N–H and O–H groups in total. The molecule has 0 heterocycles. The zero-order valence-electron chi connectivity index (χ0n) is 26.1. The first-order valence-electron chi connectivity index (χ1n) is 15.0. The fourth-order valence-corrected chi connectivity index (χ4v) is 4.44. The lowest BCUT2D eigenvalue weighted by molar-refractivity contribution is -0.139. The van der Waals surface area contributed by atoms with Gasteiger partial charge in [0, 0.05) is 11.4 Å². The van der Waals surface area contributed by atoms with E-state index in [2.05, 4.69) is 31.7 Å². The Labute approximate surface area is 282 Å². The van der Waals surface area contributed by atoms with Crippen LogP contribution in [-0.4, -0.2) is 42.2 Å². The Kier molecular flexibility index (Phi) is 11.7. The second kappa shape index (κ2) is 17.1. The maximum absolute atomic E-state index is 12.6. The minimum absolute atomic E-state index is 0.410. The first-order chi connectivity index (χ1) is 23.9. The number of ether oxygens (including phenoxy) is 2. The number of carbonyl (C=O) groups is 3. The molecule has 0 unspecified atom stereocenters. The molecule has 5 aromatic carbocycles. The van der Waals surface area contributed by atoms with E-state index in [0.717, 1.165) is 22.4 Å². The SMILES string of the molecule is O=C(O)COc1ccc(/C=N/NC(=O)Nc2ccc(Cc3ccccc3NC(=O)N/N=C/c3cccc(Oc4ccccc4)c3)cc2)cc1. The molecule has 0 aliphatic carbocycles. The van der Waals surface area contributed by atoms with Crippen molar-refractivity contribution in [1.29, 1.82) is 0 Å². The Balaban J connectivity index is 1.08. The lowest BCUT2D eigenvalue weighted by Crippen LogP contribution is -2.24. The normalized spacial score (nSPS) is 10.8. The molecular formula is C37H32N6O6. The van der Waals surface area contributed by atoms with Crippen LogP contribution >= 0.6 is 0 Å². The summed E-state index contributed by atoms with van der Waals surface area (Å²) in [6.45, 7) is -0.431. The average Bonchev–Trinajstić information content (AvgIpc) is 3.10. The van der Waals surface area contributed by atoms with Crippen molar-refractivity contribution >= 4 is 41.8 Å². The summed E-state index contributed by atoms with van der Waals surface area (Å²) in [5.74, 6) is 0.720. The number of nitrogens with zero attached hydrogens (tertiary/aromatic N) is 2. The molecule has 0 aromatic heterocycles. The second-order valence-corrected chi connectivity index (χ2v) is 10.4. The molecule has 5 aromatic rings. The van der Waals surface area contributed by atoms with Crippen molar-refractivity contribution in [2.24, 2.45) is 10.2 Å². The number of hydrogen-bond donors (Lipinski definition) is 5. The van der Waals surface area contributed by atoms with Crippen molar-refractivity contribution in [3.8, 4) is 17.2 Å². The van der Waals surface area contributed by atoms with Gasteiger partial charge < -0.3 is 25.2 Å². The quantitative estimate of drug-likeness (QED) is 0.0688. The van der Waals surface area contributed by atoms with Gasteiger partial charge >= 0.3 is 18.0 Å². The Bertz CT molecular complexity index is 1930. The number of nitrogens with one attached hydrogen (secondary N) is 4. The molecule has 0 atom stereocenters. The molecule has 0 fully saturated rings. The van der Waals surface area contributed by atoms with Gasteiger partial charge in [0.2, 0.25) is 0 Å². The first-order valence-corrected chi connectivity index (χ1v) is 15.0. The number of carboxylic acids is 1. The number of anilines is 2. The molecule has 0 saturated carbocycles. The fraction of sp³-hybridized carbons (Fsp3) is 0.0541. The maximum atomic E-state index is 12.6. The third-order valence-corrected chi connectivity index (χ3v) is 6.71. The molecule has 0 spiro atoms. The Hall–Kier alpha value is -6.95. The van der Waals surface area contributed by atoms with Gasteiger partial charge in [-0.25, -0.2) is 25.2 Å². The second-order valence-electron chi connectivity index (χ2n) is 10.4. The van der Waals surface area contributed by atoms with Crippen molar-refractivity contribution < 1.29 is 29.0 Å². The summed E-state index contributed by atoms with van der Waals surface area (Å²) in [6.07, 6.45) is 3.52. The summed E-state index contributed by atoms with van der Waals surface area (Å²) in [5.41, 5.74) is 9.39. The van der Waals surface area contributed by atoms with Gasteiger partial charge in [0.05, 0.1) is 12.4 Å². The Morgan fingerprint density at radius 2 is 1.29 bits per heavy atom. The lowest BCUT2D eigenvalue weighted by atomic mass is 10.0. The van der Waals surface area contributed by atoms with Crippen molar-refractivity contribution in [2.75, 3.05) is 17.2 Å². The van der Waals surface area contributed by atoms with Crippen LogP contribution in [0.3, 0.4) is 0 Å². The van der Waals surface area contributed by atoms with E-state index in [9.17, 15) is 14.4 Å². The molecule has 246 valence electrons. The third kappa shape index (κ3) is 11.1. The fourth-order valence-electron chi connectivity index (χ4n) is 4.44. The third-order valence-electron chi connectivity index (χ3n) is 6.71. The monoisotopic (exact) mass is 656 g/mol. The molecule has 0 saturated heterocycles. The largest absolute Gasteiger partial charge is 0.482 e. The molecule has 4 amide bonds. The summed E-state index contributed by atoms with van der Waals surface area (Å²) in [6, 6.07) is 37.1. The number of urea groups is 2. The van der Waals surface area contributed by atoms with Crippen LogP contribution in [0.15, 0.2) is 138 Å². The molecule has 12 nitrogen and oxygen atoms in total. The standard InChI is InChI=1S/C37H32N6O6/c44-35(45)25-48-31-19-15-27(16-20-31)23-38-42-36(46)40-30-17-13-26(14-18-30)21-29-8-4-5-12-34(29)41-37(47)43-39-24-28-7-6-11-33(22-28)49-32-9-2-1-3-10-32/h1-20,22-24H,21,25H2,(H,44,45)(H2,40,42,46)(H2,41,43,47)/b38-23+,39-24+. The van der Waals surface area contributed by atoms with E-state index < -0.39 is 24.6 Å². The minimum atomic E-state index is -1.06. The van der Waals surface area contributed by atoms with Crippen molar-refractivity contribution in [3.63, 3.8) is 0 Å². The van der Waals surface area contributed by atoms with Gasteiger partial charge in [-0.15, -0.1) is 0 Å². The highest BCUT2D eigenvalue weighted by molar-refractivity contribution is 5.92. The zero-order valence-corrected chi connectivity index (χ0v) is 26.1. The van der Waals surface area contributed by atoms with E-state index >= 15 is 0 Å². The molecule has 0 aliphatic heterocycles. The number of hydrogen-bond acceptors (Lipinski definition) is 7. The van der Waals surface area contributed by atoms with Gasteiger partial charge in [0.25, 0.3) is 0 Å². The van der Waals surface area contributed by atoms with E-state index in [4.69, 9.17) is 14.6 Å². The molecular weight excluding hydrogens is 624 g/mol. The van der Waals surface area contributed by atoms with Gasteiger partial charge in [-0.3, -0.25) is 0 Å². The summed E-state index contributed by atoms with van der Waals surface area (Å²) in [7, 11) is 0. The highest BCUT2D eigenvalue weighted by Gasteiger charge is 2.08. The summed E-state index contributed by atoms with van der Waals surface area (Å²) >= 11 is 0. The molecule has 0 bridgehead atoms. The maximum Gasteiger partial charge on any atom is 0.341 e. The highest BCUT2D eigenvalue weighted by Crippen LogP contribution is 2.22. The number of benzene rings is 5. The Morgan fingerprint density at radius 1 is 0.633 bits per heavy atom. The van der Waals surface area contributed by atoms with Gasteiger partial charge in [-0.05, 0) is 95.4 Å². The van der Waals surface area contributed by atoms with Crippen LogP contribution < -0.4 is 31.0 Å². The number of rotatable bonds is 13. The number of aliphatic carboxylic acids is 1. The molecule has 12 heteroatoms. The van der Waals surface area contributed by atoms with E-state index in [1.54, 1.807) is 36.4 Å². The number of amides is 4. The number of carboxylic acid groups (broad SMARTS) is 1. The topological polar surface area (TPSA) is 163 Å². The average molecular weight is 657 g/mol. The highest BCUT2D eigenvalue weighted by atomic mass is 16.5. The van der Waals surface area contributed by atoms with Crippen LogP contribution in [0.4, 0.5) is 21.0 Å². The molecule has 5 rings (SSSR count). The number of hydrazone groups is 2. The Morgan fingerprint density at radius 3 is 2.02 bits per heavy atom. The van der Waals surface area contributed by atoms with E-state index in [-0.39, 0.29) is 0 Å². The summed E-state index contributed by atoms with van der Waals surface area (Å²) < 4.78 is 10.9. The van der Waals surface area contributed by atoms with Crippen molar-refractivity contribution in [3.05, 3.63) is 150 Å². The van der Waals surface area contributed by atoms with E-state index in [1.807, 2.05) is 91.0 Å². The molecule has 0 aliphatic rings. The van der Waals surface area contributed by atoms with Gasteiger partial charge in [0.15, 0.2) is 6.61 Å². The lowest BCUT2D eigenvalue weighted by Gasteiger charge is -2.11. The minimum Gasteiger partial charge on any atom is -0.482 e. The van der Waals surface area contributed by atoms with E-state index in [1.165, 1.54) is 12.4 Å². The van der Waals surface area contributed by atoms with Crippen LogP contribution in [0.5, 0.6) is 17.2 Å². The van der Waals surface area contributed by atoms with Gasteiger partial charge in [-0.2, -0.15) is 10.2 Å². The predicted octanol–water partition coefficient (Wildman–Crippen LogP) is 6.84.